The third-order valence-electron chi connectivity index (χ3n) is 3.59. The molecule has 1 heterocycles. The van der Waals surface area contributed by atoms with Crippen LogP contribution in [0.2, 0.25) is 0 Å². The highest BCUT2D eigenvalue weighted by Crippen LogP contribution is 2.20. The van der Waals surface area contributed by atoms with Crippen LogP contribution in [0.15, 0.2) is 23.3 Å². The van der Waals surface area contributed by atoms with Crippen molar-refractivity contribution >= 4 is 17.5 Å². The van der Waals surface area contributed by atoms with Crippen LogP contribution in [-0.2, 0) is 22.4 Å². The van der Waals surface area contributed by atoms with Gasteiger partial charge < -0.3 is 10.1 Å². The van der Waals surface area contributed by atoms with Gasteiger partial charge in [0.2, 0.25) is 5.91 Å². The van der Waals surface area contributed by atoms with E-state index in [2.05, 4.69) is 28.8 Å². The van der Waals surface area contributed by atoms with Crippen molar-refractivity contribution in [2.45, 2.75) is 32.6 Å². The van der Waals surface area contributed by atoms with Crippen molar-refractivity contribution in [3.63, 3.8) is 0 Å². The fourth-order valence-corrected chi connectivity index (χ4v) is 2.32. The lowest BCUT2D eigenvalue weighted by Gasteiger charge is -2.12. The maximum Gasteiger partial charge on any atom is 0.267 e. The van der Waals surface area contributed by atoms with E-state index in [1.807, 2.05) is 12.1 Å². The summed E-state index contributed by atoms with van der Waals surface area (Å²) in [6.07, 6.45) is 2.34. The average Bonchev–Trinajstić information content (AvgIpc) is 2.55. The number of carbonyl (C=O) groups is 2. The molecule has 0 saturated carbocycles. The van der Waals surface area contributed by atoms with Gasteiger partial charge in [0.1, 0.15) is 11.5 Å². The van der Waals surface area contributed by atoms with Crippen molar-refractivity contribution in [2.24, 2.45) is 5.10 Å². The molecule has 118 valence electrons. The molecule has 0 unspecified atom stereocenters. The molecule has 0 spiro atoms. The summed E-state index contributed by atoms with van der Waals surface area (Å²) >= 11 is 0. The van der Waals surface area contributed by atoms with Gasteiger partial charge in [0.15, 0.2) is 0 Å². The van der Waals surface area contributed by atoms with E-state index in [1.165, 1.54) is 0 Å². The number of hydrogen-bond acceptors (Lipinski definition) is 4. The summed E-state index contributed by atoms with van der Waals surface area (Å²) in [6, 6.07) is 6.06. The molecule has 0 saturated heterocycles. The second-order valence-electron chi connectivity index (χ2n) is 5.10. The highest BCUT2D eigenvalue weighted by atomic mass is 16.5. The topological polar surface area (TPSA) is 79.8 Å². The number of amides is 2. The summed E-state index contributed by atoms with van der Waals surface area (Å²) in [6.45, 7) is 2.61. The minimum atomic E-state index is -0.218. The number of rotatable bonds is 6. The minimum Gasteiger partial charge on any atom is -0.496 e. The number of nitrogens with zero attached hydrogens (tertiary/aromatic N) is 1. The second kappa shape index (κ2) is 7.59. The standard InChI is InChI=1S/C16H21N3O3/c1-3-12-10-11(4-6-14(12)22-2)8-9-17-16(21)13-5-7-15(20)19-18-13/h4,6,10H,3,5,7-9H2,1-2H3,(H,17,21)(H,19,20). The molecular weight excluding hydrogens is 282 g/mol. The van der Waals surface area contributed by atoms with Gasteiger partial charge in [-0.2, -0.15) is 5.10 Å². The molecule has 0 aromatic heterocycles. The number of hydrazone groups is 1. The van der Waals surface area contributed by atoms with E-state index in [0.29, 0.717) is 25.1 Å². The summed E-state index contributed by atoms with van der Waals surface area (Å²) in [5, 5.41) is 6.60. The quantitative estimate of drug-likeness (QED) is 0.828. The third kappa shape index (κ3) is 4.07. The van der Waals surface area contributed by atoms with E-state index in [0.717, 1.165) is 29.7 Å². The average molecular weight is 303 g/mol. The Balaban J connectivity index is 1.86. The molecular formula is C16H21N3O3. The summed E-state index contributed by atoms with van der Waals surface area (Å²) in [7, 11) is 1.66. The van der Waals surface area contributed by atoms with Crippen LogP contribution in [0, 0.1) is 0 Å². The molecule has 1 aromatic carbocycles. The Morgan fingerprint density at radius 1 is 1.41 bits per heavy atom. The Labute approximate surface area is 129 Å². The van der Waals surface area contributed by atoms with E-state index in [4.69, 9.17) is 4.74 Å². The predicted molar refractivity (Wildman–Crippen MR) is 83.9 cm³/mol. The SMILES string of the molecule is CCc1cc(CCNC(=O)C2=NNC(=O)CC2)ccc1OC. The highest BCUT2D eigenvalue weighted by molar-refractivity contribution is 6.39. The Kier molecular flexibility index (Phi) is 5.52. The number of methoxy groups -OCH3 is 1. The first-order valence-electron chi connectivity index (χ1n) is 7.43. The van der Waals surface area contributed by atoms with Gasteiger partial charge in [-0.1, -0.05) is 19.1 Å². The van der Waals surface area contributed by atoms with Crippen LogP contribution >= 0.6 is 0 Å². The van der Waals surface area contributed by atoms with Crippen LogP contribution in [0.4, 0.5) is 0 Å². The Bertz CT molecular complexity index is 596. The molecule has 0 bridgehead atoms. The number of nitrogens with one attached hydrogen (secondary N) is 2. The van der Waals surface area contributed by atoms with E-state index in [-0.39, 0.29) is 11.8 Å². The van der Waals surface area contributed by atoms with Gasteiger partial charge >= 0.3 is 0 Å². The fourth-order valence-electron chi connectivity index (χ4n) is 2.32. The van der Waals surface area contributed by atoms with Crippen molar-refractivity contribution in [3.8, 4) is 5.75 Å². The van der Waals surface area contributed by atoms with Crippen LogP contribution in [0.3, 0.4) is 0 Å². The maximum absolute atomic E-state index is 11.9. The van der Waals surface area contributed by atoms with E-state index in [1.54, 1.807) is 7.11 Å². The zero-order chi connectivity index (χ0) is 15.9. The molecule has 6 heteroatoms. The molecule has 6 nitrogen and oxygen atoms in total. The van der Waals surface area contributed by atoms with Crippen LogP contribution in [0.5, 0.6) is 5.75 Å². The molecule has 2 amide bonds. The molecule has 0 atom stereocenters. The maximum atomic E-state index is 11.9. The normalized spacial score (nSPS) is 14.1. The Hall–Kier alpha value is -2.37. The van der Waals surface area contributed by atoms with Gasteiger partial charge in [0.25, 0.3) is 5.91 Å². The van der Waals surface area contributed by atoms with Gasteiger partial charge in [0.05, 0.1) is 7.11 Å². The zero-order valence-corrected chi connectivity index (χ0v) is 12.9. The van der Waals surface area contributed by atoms with Crippen molar-refractivity contribution in [1.82, 2.24) is 10.7 Å². The van der Waals surface area contributed by atoms with Gasteiger partial charge in [-0.25, -0.2) is 5.43 Å². The van der Waals surface area contributed by atoms with Crippen LogP contribution in [0.25, 0.3) is 0 Å². The fraction of sp³-hybridized carbons (Fsp3) is 0.438. The van der Waals surface area contributed by atoms with Crippen molar-refractivity contribution in [1.29, 1.82) is 0 Å². The molecule has 2 rings (SSSR count). The van der Waals surface area contributed by atoms with Crippen molar-refractivity contribution in [3.05, 3.63) is 29.3 Å². The Morgan fingerprint density at radius 2 is 2.23 bits per heavy atom. The molecule has 0 aliphatic carbocycles. The number of benzene rings is 1. The number of aryl methyl sites for hydroxylation is 1. The lowest BCUT2D eigenvalue weighted by molar-refractivity contribution is -0.121. The first-order valence-corrected chi connectivity index (χ1v) is 7.43. The number of hydrogen-bond donors (Lipinski definition) is 2. The van der Waals surface area contributed by atoms with Gasteiger partial charge in [-0.15, -0.1) is 0 Å². The van der Waals surface area contributed by atoms with E-state index >= 15 is 0 Å². The summed E-state index contributed by atoms with van der Waals surface area (Å²) < 4.78 is 5.30. The number of ether oxygens (including phenoxy) is 1. The monoisotopic (exact) mass is 303 g/mol. The second-order valence-corrected chi connectivity index (χ2v) is 5.10. The third-order valence-corrected chi connectivity index (χ3v) is 3.59. The minimum absolute atomic E-state index is 0.151. The molecule has 1 aromatic rings. The van der Waals surface area contributed by atoms with Crippen molar-refractivity contribution < 1.29 is 14.3 Å². The number of carbonyl (C=O) groups excluding carboxylic acids is 2. The molecule has 1 aliphatic heterocycles. The molecule has 2 N–H and O–H groups in total. The smallest absolute Gasteiger partial charge is 0.267 e. The van der Waals surface area contributed by atoms with Crippen molar-refractivity contribution in [2.75, 3.05) is 13.7 Å². The van der Waals surface area contributed by atoms with Crippen LogP contribution in [-0.4, -0.2) is 31.2 Å². The van der Waals surface area contributed by atoms with Gasteiger partial charge in [0, 0.05) is 19.4 Å². The first-order chi connectivity index (χ1) is 10.6. The predicted octanol–water partition coefficient (Wildman–Crippen LogP) is 1.18. The molecule has 1 aliphatic rings. The zero-order valence-electron chi connectivity index (χ0n) is 12.9. The van der Waals surface area contributed by atoms with Crippen LogP contribution in [0.1, 0.15) is 30.9 Å². The first kappa shape index (κ1) is 16.0. The Morgan fingerprint density at radius 3 is 2.86 bits per heavy atom. The lowest BCUT2D eigenvalue weighted by Crippen LogP contribution is -2.37. The molecule has 0 fully saturated rings. The van der Waals surface area contributed by atoms with Crippen LogP contribution < -0.4 is 15.5 Å². The van der Waals surface area contributed by atoms with E-state index < -0.39 is 0 Å². The summed E-state index contributed by atoms with van der Waals surface area (Å²) in [4.78, 5) is 22.9. The molecule has 22 heavy (non-hydrogen) atoms. The highest BCUT2D eigenvalue weighted by Gasteiger charge is 2.17. The van der Waals surface area contributed by atoms with Gasteiger partial charge in [-0.3, -0.25) is 9.59 Å². The van der Waals surface area contributed by atoms with Gasteiger partial charge in [-0.05, 0) is 30.0 Å². The summed E-state index contributed by atoms with van der Waals surface area (Å²) in [5.41, 5.74) is 5.01. The lowest BCUT2D eigenvalue weighted by atomic mass is 10.1. The summed E-state index contributed by atoms with van der Waals surface area (Å²) in [5.74, 6) is 0.522. The largest absolute Gasteiger partial charge is 0.496 e. The van der Waals surface area contributed by atoms with E-state index in [9.17, 15) is 9.59 Å². The molecule has 0 radical (unpaired) electrons.